The van der Waals surface area contributed by atoms with E-state index in [4.69, 9.17) is 4.98 Å². The van der Waals surface area contributed by atoms with Gasteiger partial charge in [-0.1, -0.05) is 0 Å². The summed E-state index contributed by atoms with van der Waals surface area (Å²) < 4.78 is 3.90. The van der Waals surface area contributed by atoms with Crippen LogP contribution in [0.15, 0.2) is 55.0 Å². The number of aryl methyl sites for hydroxylation is 2. The van der Waals surface area contributed by atoms with Gasteiger partial charge in [-0.15, -0.1) is 5.10 Å². The predicted molar refractivity (Wildman–Crippen MR) is 133 cm³/mol. The second kappa shape index (κ2) is 8.43. The monoisotopic (exact) mass is 464 g/mol. The highest BCUT2D eigenvalue weighted by Crippen LogP contribution is 2.32. The van der Waals surface area contributed by atoms with Gasteiger partial charge in [0.2, 0.25) is 0 Å². The number of hydrogen-bond acceptors (Lipinski definition) is 7. The molecule has 1 fully saturated rings. The van der Waals surface area contributed by atoms with Crippen molar-refractivity contribution in [2.45, 2.75) is 33.2 Å². The van der Waals surface area contributed by atoms with E-state index >= 15 is 0 Å². The summed E-state index contributed by atoms with van der Waals surface area (Å²) in [6.07, 6.45) is 7.11. The highest BCUT2D eigenvalue weighted by Gasteiger charge is 2.23. The molecule has 0 bridgehead atoms. The third-order valence-corrected chi connectivity index (χ3v) is 6.25. The van der Waals surface area contributed by atoms with Gasteiger partial charge in [-0.25, -0.2) is 9.97 Å². The summed E-state index contributed by atoms with van der Waals surface area (Å²) in [7, 11) is 0. The van der Waals surface area contributed by atoms with Gasteiger partial charge in [-0.3, -0.25) is 14.0 Å². The fraction of sp³-hybridized carbons (Fsp3) is 0.231. The number of anilines is 2. The van der Waals surface area contributed by atoms with Crippen LogP contribution in [0, 0.1) is 19.8 Å². The number of carbonyl (C=O) groups is 1. The molecule has 35 heavy (non-hydrogen) atoms. The predicted octanol–water partition coefficient (Wildman–Crippen LogP) is 4.66. The zero-order chi connectivity index (χ0) is 23.9. The van der Waals surface area contributed by atoms with Crippen molar-refractivity contribution in [3.8, 4) is 17.1 Å². The molecule has 9 nitrogen and oxygen atoms in total. The summed E-state index contributed by atoms with van der Waals surface area (Å²) in [5, 5.41) is 16.2. The van der Waals surface area contributed by atoms with Crippen LogP contribution in [-0.4, -0.2) is 40.8 Å². The molecule has 9 heteroatoms. The molecule has 1 aromatic carbocycles. The van der Waals surface area contributed by atoms with Crippen LogP contribution in [0.3, 0.4) is 0 Å². The molecule has 174 valence electrons. The second-order valence-electron chi connectivity index (χ2n) is 9.02. The molecule has 0 aliphatic heterocycles. The first-order valence-corrected chi connectivity index (χ1v) is 11.6. The van der Waals surface area contributed by atoms with Crippen LogP contribution in [0.25, 0.3) is 28.1 Å². The molecule has 0 unspecified atom stereocenters. The molecular weight excluding hydrogens is 440 g/mol. The number of aromatic nitrogens is 7. The number of pyridine rings is 1. The minimum absolute atomic E-state index is 0.540. The molecule has 0 spiro atoms. The number of benzene rings is 1. The van der Waals surface area contributed by atoms with E-state index in [0.29, 0.717) is 28.8 Å². The van der Waals surface area contributed by atoms with E-state index in [1.54, 1.807) is 12.4 Å². The number of imidazole rings is 1. The average Bonchev–Trinajstić information content (AvgIpc) is 3.46. The Morgan fingerprint density at radius 3 is 2.74 bits per heavy atom. The first-order chi connectivity index (χ1) is 17.1. The quantitative estimate of drug-likeness (QED) is 0.350. The van der Waals surface area contributed by atoms with Crippen molar-refractivity contribution < 1.29 is 4.79 Å². The first kappa shape index (κ1) is 21.2. The van der Waals surface area contributed by atoms with E-state index < -0.39 is 0 Å². The van der Waals surface area contributed by atoms with E-state index in [1.807, 2.05) is 65.7 Å². The molecule has 1 saturated carbocycles. The van der Waals surface area contributed by atoms with Gasteiger partial charge in [0, 0.05) is 29.6 Å². The summed E-state index contributed by atoms with van der Waals surface area (Å²) in [6, 6.07) is 13.4. The zero-order valence-corrected chi connectivity index (χ0v) is 19.5. The Kier molecular flexibility index (Phi) is 5.09. The Morgan fingerprint density at radius 2 is 1.97 bits per heavy atom. The largest absolute Gasteiger partial charge is 0.339 e. The Bertz CT molecular complexity index is 1550. The first-order valence-electron chi connectivity index (χ1n) is 11.6. The molecular formula is C26H24N8O. The summed E-state index contributed by atoms with van der Waals surface area (Å²) in [6.45, 7) is 4.77. The van der Waals surface area contributed by atoms with Crippen LogP contribution in [0.2, 0.25) is 0 Å². The Morgan fingerprint density at radius 1 is 1.09 bits per heavy atom. The number of fused-ring (bicyclic) bond motifs is 1. The third-order valence-electron chi connectivity index (χ3n) is 6.25. The van der Waals surface area contributed by atoms with E-state index in [1.165, 1.54) is 12.8 Å². The lowest BCUT2D eigenvalue weighted by Gasteiger charge is -2.09. The lowest BCUT2D eigenvalue weighted by atomic mass is 10.1. The number of nitrogens with zero attached hydrogens (tertiary/aromatic N) is 7. The third kappa shape index (κ3) is 4.16. The molecule has 0 saturated heterocycles. The molecule has 6 rings (SSSR count). The molecule has 5 aromatic rings. The summed E-state index contributed by atoms with van der Waals surface area (Å²) in [5.41, 5.74) is 6.36. The Labute approximate surface area is 201 Å². The molecule has 0 radical (unpaired) electrons. The number of nitrogens with one attached hydrogen (secondary N) is 1. The number of carbonyl (C=O) groups excluding carboxylic acids is 1. The van der Waals surface area contributed by atoms with Crippen molar-refractivity contribution in [1.82, 2.24) is 34.5 Å². The topological polar surface area (TPSA) is 103 Å². The summed E-state index contributed by atoms with van der Waals surface area (Å²) in [4.78, 5) is 21.3. The van der Waals surface area contributed by atoms with Crippen LogP contribution in [0.1, 0.15) is 34.6 Å². The lowest BCUT2D eigenvalue weighted by Crippen LogP contribution is -2.01. The summed E-state index contributed by atoms with van der Waals surface area (Å²) in [5.74, 6) is 2.07. The minimum atomic E-state index is 0.540. The smallest absolute Gasteiger partial charge is 0.153 e. The maximum atomic E-state index is 11.8. The van der Waals surface area contributed by atoms with Crippen molar-refractivity contribution in [2.24, 2.45) is 5.92 Å². The molecule has 1 N–H and O–H groups in total. The van der Waals surface area contributed by atoms with Gasteiger partial charge >= 0.3 is 0 Å². The molecule has 0 amide bonds. The Hall–Kier alpha value is -4.40. The van der Waals surface area contributed by atoms with Crippen LogP contribution < -0.4 is 5.32 Å². The molecule has 4 aromatic heterocycles. The molecule has 0 atom stereocenters. The number of rotatable bonds is 7. The van der Waals surface area contributed by atoms with Crippen molar-refractivity contribution >= 4 is 28.8 Å². The highest BCUT2D eigenvalue weighted by molar-refractivity contribution is 5.87. The normalized spacial score (nSPS) is 13.3. The highest BCUT2D eigenvalue weighted by atomic mass is 16.1. The maximum absolute atomic E-state index is 11.8. The fourth-order valence-corrected chi connectivity index (χ4v) is 4.20. The van der Waals surface area contributed by atoms with Crippen molar-refractivity contribution in [1.29, 1.82) is 0 Å². The molecule has 4 heterocycles. The SMILES string of the molecule is Cc1ccc(Nc2ccc3c(c2)ncn3-c2ccc(C=O)c(-c3cn(CC4CC4)nc3C)n2)nn1. The average molecular weight is 465 g/mol. The second-order valence-corrected chi connectivity index (χ2v) is 9.02. The molecule has 1 aliphatic carbocycles. The van der Waals surface area contributed by atoms with E-state index in [9.17, 15) is 4.79 Å². The van der Waals surface area contributed by atoms with Crippen molar-refractivity contribution in [3.05, 3.63) is 71.9 Å². The van der Waals surface area contributed by atoms with Gasteiger partial charge in [0.1, 0.15) is 12.1 Å². The maximum Gasteiger partial charge on any atom is 0.153 e. The standard InChI is InChI=1S/C26H24N8O/c1-16-3-9-24(31-30-16)28-20-7-8-23-22(11-20)27-15-34(23)25-10-6-19(14-35)26(29-25)21-13-33(32-17(21)2)12-18-4-5-18/h3,6-11,13-15,18H,4-5,12H2,1-2H3,(H,28,31). The van der Waals surface area contributed by atoms with E-state index in [2.05, 4.69) is 25.6 Å². The van der Waals surface area contributed by atoms with Gasteiger partial charge in [0.05, 0.1) is 28.1 Å². The van der Waals surface area contributed by atoms with Gasteiger partial charge in [-0.2, -0.15) is 10.2 Å². The van der Waals surface area contributed by atoms with Crippen LogP contribution >= 0.6 is 0 Å². The number of hydrogen-bond donors (Lipinski definition) is 1. The van der Waals surface area contributed by atoms with Crippen LogP contribution in [0.4, 0.5) is 11.5 Å². The minimum Gasteiger partial charge on any atom is -0.339 e. The fourth-order valence-electron chi connectivity index (χ4n) is 4.20. The van der Waals surface area contributed by atoms with Crippen LogP contribution in [-0.2, 0) is 6.54 Å². The van der Waals surface area contributed by atoms with Gasteiger partial charge in [-0.05, 0) is 75.1 Å². The molecule has 1 aliphatic rings. The zero-order valence-electron chi connectivity index (χ0n) is 19.5. The number of aldehydes is 1. The summed E-state index contributed by atoms with van der Waals surface area (Å²) >= 11 is 0. The lowest BCUT2D eigenvalue weighted by molar-refractivity contribution is 0.112. The van der Waals surface area contributed by atoms with E-state index in [0.717, 1.165) is 46.5 Å². The van der Waals surface area contributed by atoms with Crippen molar-refractivity contribution in [2.75, 3.05) is 5.32 Å². The van der Waals surface area contributed by atoms with Gasteiger partial charge in [0.25, 0.3) is 0 Å². The van der Waals surface area contributed by atoms with Gasteiger partial charge < -0.3 is 5.32 Å². The Balaban J connectivity index is 1.35. The van der Waals surface area contributed by atoms with Crippen molar-refractivity contribution in [3.63, 3.8) is 0 Å². The van der Waals surface area contributed by atoms with Gasteiger partial charge in [0.15, 0.2) is 12.1 Å². The van der Waals surface area contributed by atoms with E-state index in [-0.39, 0.29) is 0 Å². The van der Waals surface area contributed by atoms with Crippen LogP contribution in [0.5, 0.6) is 0 Å².